The van der Waals surface area contributed by atoms with Crippen molar-refractivity contribution in [2.45, 2.75) is 33.6 Å². The van der Waals surface area contributed by atoms with Crippen molar-refractivity contribution in [1.29, 1.82) is 0 Å². The Morgan fingerprint density at radius 3 is 2.44 bits per heavy atom. The fourth-order valence-corrected chi connectivity index (χ4v) is 4.77. The fraction of sp³-hybridized carbons (Fsp3) is 0.208. The first kappa shape index (κ1) is 22.0. The number of aromatic nitrogens is 2. The monoisotopic (exact) mass is 466 g/mol. The zero-order chi connectivity index (χ0) is 22.8. The number of hydrogen-bond acceptors (Lipinski definition) is 4. The summed E-state index contributed by atoms with van der Waals surface area (Å²) in [4.78, 5) is 30.8. The third-order valence-electron chi connectivity index (χ3n) is 5.32. The number of hydrogen-bond donors (Lipinski definition) is 2. The first-order valence-electron chi connectivity index (χ1n) is 10.2. The summed E-state index contributed by atoms with van der Waals surface area (Å²) in [5.74, 6) is -0.668. The Kier molecular flexibility index (Phi) is 6.30. The van der Waals surface area contributed by atoms with Gasteiger partial charge in [-0.1, -0.05) is 35.9 Å². The second-order valence-electron chi connectivity index (χ2n) is 7.63. The second kappa shape index (κ2) is 9.14. The molecule has 4 rings (SSSR count). The molecule has 1 aliphatic rings. The van der Waals surface area contributed by atoms with Gasteiger partial charge in [0.05, 0.1) is 17.7 Å². The number of carbonyl (C=O) groups is 2. The van der Waals surface area contributed by atoms with Gasteiger partial charge in [-0.15, -0.1) is 11.3 Å². The minimum atomic E-state index is -0.341. The molecule has 0 atom stereocenters. The van der Waals surface area contributed by atoms with Crippen LogP contribution in [0.4, 0.5) is 0 Å². The van der Waals surface area contributed by atoms with E-state index in [1.165, 1.54) is 11.3 Å². The number of halogens is 1. The lowest BCUT2D eigenvalue weighted by atomic mass is 10.2. The first-order valence-corrected chi connectivity index (χ1v) is 11.4. The van der Waals surface area contributed by atoms with E-state index in [1.54, 1.807) is 6.08 Å². The Bertz CT molecular complexity index is 1230. The summed E-state index contributed by atoms with van der Waals surface area (Å²) < 4.78 is 2.06. The molecule has 32 heavy (non-hydrogen) atoms. The molecule has 2 N–H and O–H groups in total. The highest BCUT2D eigenvalue weighted by molar-refractivity contribution is 7.15. The van der Waals surface area contributed by atoms with E-state index in [9.17, 15) is 9.59 Å². The number of benzene rings is 1. The molecule has 0 bridgehead atoms. The van der Waals surface area contributed by atoms with Crippen LogP contribution in [0, 0.1) is 20.8 Å². The quantitative estimate of drug-likeness (QED) is 0.533. The molecule has 0 unspecified atom stereocenters. The number of allylic oxidation sites excluding steroid dienone is 2. The summed E-state index contributed by atoms with van der Waals surface area (Å²) >= 11 is 7.47. The predicted molar refractivity (Wildman–Crippen MR) is 128 cm³/mol. The zero-order valence-electron chi connectivity index (χ0n) is 18.0. The highest BCUT2D eigenvalue weighted by Gasteiger charge is 2.21. The van der Waals surface area contributed by atoms with Crippen molar-refractivity contribution < 1.29 is 9.59 Å². The van der Waals surface area contributed by atoms with Gasteiger partial charge < -0.3 is 4.57 Å². The molecular weight excluding hydrogens is 444 g/mol. The van der Waals surface area contributed by atoms with Crippen molar-refractivity contribution in [1.82, 2.24) is 20.4 Å². The van der Waals surface area contributed by atoms with Gasteiger partial charge in [-0.2, -0.15) is 0 Å². The summed E-state index contributed by atoms with van der Waals surface area (Å²) in [5.41, 5.74) is 10.3. The maximum atomic E-state index is 12.7. The maximum Gasteiger partial charge on any atom is 0.271 e. The molecule has 0 aliphatic heterocycles. The average Bonchev–Trinajstić information content (AvgIpc) is 3.46. The molecule has 8 heteroatoms. The van der Waals surface area contributed by atoms with Crippen LogP contribution in [0.2, 0.25) is 5.02 Å². The third kappa shape index (κ3) is 4.54. The molecule has 2 aromatic heterocycles. The molecule has 6 nitrogen and oxygen atoms in total. The molecule has 3 aromatic rings. The van der Waals surface area contributed by atoms with Crippen molar-refractivity contribution in [3.63, 3.8) is 0 Å². The molecular formula is C24H23ClN4O2S. The van der Waals surface area contributed by atoms with E-state index >= 15 is 0 Å². The lowest BCUT2D eigenvalue weighted by molar-refractivity contribution is -0.126. The van der Waals surface area contributed by atoms with Gasteiger partial charge in [0, 0.05) is 39.0 Å². The van der Waals surface area contributed by atoms with Gasteiger partial charge in [0.25, 0.3) is 5.91 Å². The largest absolute Gasteiger partial charge is 0.321 e. The summed E-state index contributed by atoms with van der Waals surface area (Å²) in [6.07, 6.45) is 4.48. The molecule has 0 saturated heterocycles. The van der Waals surface area contributed by atoms with Crippen molar-refractivity contribution in [3.8, 4) is 10.6 Å². The van der Waals surface area contributed by atoms with Crippen molar-refractivity contribution in [2.24, 2.45) is 0 Å². The van der Waals surface area contributed by atoms with Crippen LogP contribution in [0.3, 0.4) is 0 Å². The molecule has 0 fully saturated rings. The Labute approximate surface area is 195 Å². The van der Waals surface area contributed by atoms with Crippen LogP contribution in [-0.4, -0.2) is 21.4 Å². The molecule has 2 amide bonds. The normalized spacial score (nSPS) is 13.0. The number of nitrogens with zero attached hydrogens (tertiary/aromatic N) is 2. The van der Waals surface area contributed by atoms with Crippen LogP contribution in [0.15, 0.2) is 54.1 Å². The van der Waals surface area contributed by atoms with Gasteiger partial charge in [-0.25, -0.2) is 4.98 Å². The molecule has 0 spiro atoms. The Balaban J connectivity index is 1.41. The minimum Gasteiger partial charge on any atom is -0.321 e. The number of hydrazine groups is 1. The molecule has 0 radical (unpaired) electrons. The maximum absolute atomic E-state index is 12.7. The van der Waals surface area contributed by atoms with Crippen LogP contribution in [0.5, 0.6) is 0 Å². The number of carbonyl (C=O) groups excluding carboxylic acids is 2. The highest BCUT2D eigenvalue weighted by atomic mass is 35.5. The minimum absolute atomic E-state index is 0.0771. The second-order valence-corrected chi connectivity index (χ2v) is 9.27. The van der Waals surface area contributed by atoms with E-state index in [4.69, 9.17) is 11.6 Å². The SMILES string of the molecule is Cc1sc(-c2ccc(Cl)cc2)nc1CC(=O)NNC(=O)C1=C(n2c(C)ccc2C)CC=C1. The van der Waals surface area contributed by atoms with Crippen LogP contribution < -0.4 is 10.9 Å². The van der Waals surface area contributed by atoms with E-state index < -0.39 is 0 Å². The summed E-state index contributed by atoms with van der Waals surface area (Å²) in [7, 11) is 0. The fourth-order valence-electron chi connectivity index (χ4n) is 3.71. The van der Waals surface area contributed by atoms with E-state index in [2.05, 4.69) is 20.4 Å². The number of thiazole rings is 1. The van der Waals surface area contributed by atoms with Crippen LogP contribution >= 0.6 is 22.9 Å². The van der Waals surface area contributed by atoms with Gasteiger partial charge >= 0.3 is 0 Å². The number of amides is 2. The topological polar surface area (TPSA) is 76.0 Å². The van der Waals surface area contributed by atoms with Crippen LogP contribution in [0.25, 0.3) is 16.3 Å². The van der Waals surface area contributed by atoms with Crippen LogP contribution in [0.1, 0.15) is 28.4 Å². The van der Waals surface area contributed by atoms with Gasteiger partial charge in [0.1, 0.15) is 5.01 Å². The predicted octanol–water partition coefficient (Wildman–Crippen LogP) is 4.75. The van der Waals surface area contributed by atoms with Crippen molar-refractivity contribution in [3.05, 3.63) is 81.1 Å². The lowest BCUT2D eigenvalue weighted by Crippen LogP contribution is -2.43. The van der Waals surface area contributed by atoms with E-state index in [-0.39, 0.29) is 18.2 Å². The summed E-state index contributed by atoms with van der Waals surface area (Å²) in [6.45, 7) is 5.94. The Morgan fingerprint density at radius 1 is 1.06 bits per heavy atom. The van der Waals surface area contributed by atoms with Gasteiger partial charge in [-0.3, -0.25) is 20.4 Å². The van der Waals surface area contributed by atoms with E-state index in [1.807, 2.05) is 63.2 Å². The molecule has 164 valence electrons. The van der Waals surface area contributed by atoms with Gasteiger partial charge in [0.2, 0.25) is 5.91 Å². The molecule has 1 aromatic carbocycles. The number of aryl methyl sites for hydroxylation is 3. The molecule has 0 saturated carbocycles. The van der Waals surface area contributed by atoms with Crippen molar-refractivity contribution >= 4 is 40.4 Å². The van der Waals surface area contributed by atoms with E-state index in [0.717, 1.165) is 32.5 Å². The number of rotatable bonds is 5. The first-order chi connectivity index (χ1) is 15.3. The van der Waals surface area contributed by atoms with Gasteiger partial charge in [-0.05, 0) is 45.0 Å². The Hall–Kier alpha value is -3.16. The Morgan fingerprint density at radius 2 is 1.75 bits per heavy atom. The van der Waals surface area contributed by atoms with E-state index in [0.29, 0.717) is 22.7 Å². The number of nitrogens with one attached hydrogen (secondary N) is 2. The van der Waals surface area contributed by atoms with Gasteiger partial charge in [0.15, 0.2) is 0 Å². The zero-order valence-corrected chi connectivity index (χ0v) is 19.6. The standard InChI is InChI=1S/C24H23ClN4O2S/c1-14-7-8-15(2)29(14)21-6-4-5-19(21)23(31)28-27-22(30)13-20-16(3)32-24(26-20)17-9-11-18(25)12-10-17/h4-5,7-12H,6,13H2,1-3H3,(H,27,30)(H,28,31). The highest BCUT2D eigenvalue weighted by Crippen LogP contribution is 2.29. The third-order valence-corrected chi connectivity index (χ3v) is 6.63. The lowest BCUT2D eigenvalue weighted by Gasteiger charge is -2.14. The average molecular weight is 467 g/mol. The molecule has 2 heterocycles. The smallest absolute Gasteiger partial charge is 0.271 e. The molecule has 1 aliphatic carbocycles. The summed E-state index contributed by atoms with van der Waals surface area (Å²) in [6, 6.07) is 11.5. The van der Waals surface area contributed by atoms with Crippen LogP contribution in [-0.2, 0) is 16.0 Å². The summed E-state index contributed by atoms with van der Waals surface area (Å²) in [5, 5.41) is 1.49. The van der Waals surface area contributed by atoms with Crippen molar-refractivity contribution in [2.75, 3.05) is 0 Å².